The number of hydrogen-bond donors (Lipinski definition) is 0. The van der Waals surface area contributed by atoms with E-state index < -0.39 is 23.5 Å². The van der Waals surface area contributed by atoms with E-state index >= 15 is 0 Å². The summed E-state index contributed by atoms with van der Waals surface area (Å²) < 4.78 is 54.3. The van der Waals surface area contributed by atoms with Gasteiger partial charge in [0.1, 0.15) is 18.1 Å². The standard InChI is InChI=1S/C30H32F3N2O3.ClH/c1-37-24-9-6-21(7-10-24)12-15-35-16-13-23(14-17-35)29(20-35)38-30(36)34(28-5-3-2-4-26(28)32)19-22-8-11-25(31)27(33)18-22;/h2-11,18,23,29H,12-17,19-20H2,1H3;1H/q+1;/p-1/t23?,29-,35?;/m0./s1. The van der Waals surface area contributed by atoms with Crippen LogP contribution in [0.2, 0.25) is 0 Å². The molecule has 6 rings (SSSR count). The number of nitrogens with zero attached hydrogens (tertiary/aromatic N) is 2. The molecule has 3 aliphatic rings. The zero-order valence-corrected chi connectivity index (χ0v) is 22.5. The second-order valence-corrected chi connectivity index (χ2v) is 10.3. The molecule has 39 heavy (non-hydrogen) atoms. The van der Waals surface area contributed by atoms with Gasteiger partial charge in [0.05, 0.1) is 39.0 Å². The van der Waals surface area contributed by atoms with Gasteiger partial charge in [0.2, 0.25) is 0 Å². The highest BCUT2D eigenvalue weighted by Crippen LogP contribution is 2.36. The highest BCUT2D eigenvalue weighted by Gasteiger charge is 2.47. The van der Waals surface area contributed by atoms with Crippen LogP contribution < -0.4 is 22.0 Å². The molecule has 3 aromatic rings. The van der Waals surface area contributed by atoms with Crippen LogP contribution in [-0.4, -0.2) is 50.0 Å². The molecule has 1 atom stereocenters. The molecule has 3 saturated heterocycles. The number of piperidine rings is 3. The lowest BCUT2D eigenvalue weighted by Gasteiger charge is -2.52. The van der Waals surface area contributed by atoms with E-state index in [0.29, 0.717) is 12.1 Å². The molecule has 0 spiro atoms. The zero-order valence-electron chi connectivity index (χ0n) is 21.8. The number of hydrogen-bond acceptors (Lipinski definition) is 3. The Morgan fingerprint density at radius 2 is 1.62 bits per heavy atom. The van der Waals surface area contributed by atoms with Crippen LogP contribution in [-0.2, 0) is 17.7 Å². The van der Waals surface area contributed by atoms with Gasteiger partial charge < -0.3 is 26.4 Å². The van der Waals surface area contributed by atoms with Crippen molar-refractivity contribution in [2.75, 3.05) is 38.2 Å². The summed E-state index contributed by atoms with van der Waals surface area (Å²) in [5.41, 5.74) is 1.60. The van der Waals surface area contributed by atoms with Gasteiger partial charge in [-0.25, -0.2) is 18.0 Å². The molecule has 2 bridgehead atoms. The first-order chi connectivity index (χ1) is 18.4. The van der Waals surface area contributed by atoms with Crippen LogP contribution in [0.1, 0.15) is 24.0 Å². The van der Waals surface area contributed by atoms with Crippen molar-refractivity contribution in [3.8, 4) is 5.75 Å². The van der Waals surface area contributed by atoms with Crippen LogP contribution in [0.3, 0.4) is 0 Å². The van der Waals surface area contributed by atoms with Crippen molar-refractivity contribution >= 4 is 11.8 Å². The first-order valence-electron chi connectivity index (χ1n) is 13.0. The Kier molecular flexibility index (Phi) is 9.08. The number of methoxy groups -OCH3 is 1. The van der Waals surface area contributed by atoms with Crippen LogP contribution in [0.15, 0.2) is 66.7 Å². The van der Waals surface area contributed by atoms with Gasteiger partial charge in [0.15, 0.2) is 17.7 Å². The molecule has 1 amide bonds. The number of quaternary nitrogens is 1. The van der Waals surface area contributed by atoms with Crippen molar-refractivity contribution in [1.29, 1.82) is 0 Å². The number of rotatable bonds is 8. The van der Waals surface area contributed by atoms with Crippen LogP contribution in [0, 0.1) is 23.4 Å². The fourth-order valence-corrected chi connectivity index (χ4v) is 5.76. The normalized spacial score (nSPS) is 21.6. The van der Waals surface area contributed by atoms with Gasteiger partial charge in [0.25, 0.3) is 0 Å². The zero-order chi connectivity index (χ0) is 26.7. The molecule has 3 aliphatic heterocycles. The van der Waals surface area contributed by atoms with Crippen molar-refractivity contribution < 1.29 is 44.3 Å². The Morgan fingerprint density at radius 3 is 2.28 bits per heavy atom. The van der Waals surface area contributed by atoms with Crippen molar-refractivity contribution in [3.05, 3.63) is 95.3 Å². The first kappa shape index (κ1) is 28.8. The molecule has 0 aromatic heterocycles. The lowest BCUT2D eigenvalue weighted by molar-refractivity contribution is -0.945. The number of halogens is 4. The van der Waals surface area contributed by atoms with E-state index in [9.17, 15) is 18.0 Å². The van der Waals surface area contributed by atoms with Crippen molar-refractivity contribution in [2.24, 2.45) is 5.92 Å². The topological polar surface area (TPSA) is 38.8 Å². The Balaban J connectivity index is 0.00000353. The molecule has 0 saturated carbocycles. The third kappa shape index (κ3) is 6.50. The molecular weight excluding hydrogens is 529 g/mol. The van der Waals surface area contributed by atoms with E-state index in [-0.39, 0.29) is 36.7 Å². The molecule has 0 N–H and O–H groups in total. The number of fused-ring (bicyclic) bond motifs is 3. The maximum atomic E-state index is 14.8. The van der Waals surface area contributed by atoms with Crippen molar-refractivity contribution in [3.63, 3.8) is 0 Å². The fourth-order valence-electron chi connectivity index (χ4n) is 5.76. The summed E-state index contributed by atoms with van der Waals surface area (Å²) in [6.07, 6.45) is 1.85. The minimum Gasteiger partial charge on any atom is -1.00 e. The second kappa shape index (κ2) is 12.3. The van der Waals surface area contributed by atoms with E-state index in [0.717, 1.165) is 61.3 Å². The van der Waals surface area contributed by atoms with Gasteiger partial charge in [-0.3, -0.25) is 4.90 Å². The molecule has 9 heteroatoms. The minimum absolute atomic E-state index is 0. The molecule has 208 valence electrons. The van der Waals surface area contributed by atoms with Crippen molar-refractivity contribution in [2.45, 2.75) is 31.9 Å². The first-order valence-corrected chi connectivity index (χ1v) is 13.0. The quantitative estimate of drug-likeness (QED) is 0.398. The van der Waals surface area contributed by atoms with E-state index in [4.69, 9.17) is 9.47 Å². The van der Waals surface area contributed by atoms with E-state index in [1.165, 1.54) is 34.7 Å². The molecule has 3 heterocycles. The summed E-state index contributed by atoms with van der Waals surface area (Å²) in [5, 5.41) is 0. The molecule has 0 radical (unpaired) electrons. The predicted octanol–water partition coefficient (Wildman–Crippen LogP) is 3.11. The van der Waals surface area contributed by atoms with Gasteiger partial charge in [-0.1, -0.05) is 30.3 Å². The van der Waals surface area contributed by atoms with E-state index in [1.807, 2.05) is 12.1 Å². The Hall–Kier alpha value is -3.23. The monoisotopic (exact) mass is 560 g/mol. The van der Waals surface area contributed by atoms with Gasteiger partial charge in [-0.2, -0.15) is 0 Å². The molecule has 3 aromatic carbocycles. The molecule has 3 fully saturated rings. The highest BCUT2D eigenvalue weighted by molar-refractivity contribution is 5.87. The highest BCUT2D eigenvalue weighted by atomic mass is 35.5. The molecular formula is C30H32ClF3N2O3. The van der Waals surface area contributed by atoms with Gasteiger partial charge >= 0.3 is 6.09 Å². The van der Waals surface area contributed by atoms with Gasteiger partial charge in [-0.15, -0.1) is 0 Å². The Morgan fingerprint density at radius 1 is 0.923 bits per heavy atom. The summed E-state index contributed by atoms with van der Waals surface area (Å²) in [5.74, 6) is -1.52. The Bertz CT molecular complexity index is 1280. The average Bonchev–Trinajstić information content (AvgIpc) is 2.94. The molecule has 0 aliphatic carbocycles. The predicted molar refractivity (Wildman–Crippen MR) is 138 cm³/mol. The Labute approximate surface area is 233 Å². The number of para-hydroxylation sites is 1. The number of carbonyl (C=O) groups is 1. The fraction of sp³-hybridized carbons (Fsp3) is 0.367. The third-order valence-electron chi connectivity index (χ3n) is 8.02. The second-order valence-electron chi connectivity index (χ2n) is 10.3. The smallest absolute Gasteiger partial charge is 0.415 e. The number of anilines is 1. The summed E-state index contributed by atoms with van der Waals surface area (Å²) in [7, 11) is 1.65. The number of carbonyl (C=O) groups excluding carboxylic acids is 1. The van der Waals surface area contributed by atoms with E-state index in [2.05, 4.69) is 12.1 Å². The molecule has 0 unspecified atom stereocenters. The van der Waals surface area contributed by atoms with Gasteiger partial charge in [-0.05, 0) is 47.5 Å². The molecule has 5 nitrogen and oxygen atoms in total. The summed E-state index contributed by atoms with van der Waals surface area (Å²) >= 11 is 0. The largest absolute Gasteiger partial charge is 1.00 e. The maximum Gasteiger partial charge on any atom is 0.415 e. The SMILES string of the molecule is COc1ccc(CC[N+]23CCC(CC2)[C@@H](OC(=O)N(Cc2ccc(F)c(F)c2)c2ccccc2F)C3)cc1.[Cl-]. The van der Waals surface area contributed by atoms with E-state index in [1.54, 1.807) is 13.2 Å². The van der Waals surface area contributed by atoms with Gasteiger partial charge in [0, 0.05) is 25.2 Å². The van der Waals surface area contributed by atoms with Crippen molar-refractivity contribution in [1.82, 2.24) is 0 Å². The van der Waals surface area contributed by atoms with Crippen LogP contribution >= 0.6 is 0 Å². The van der Waals surface area contributed by atoms with Crippen LogP contribution in [0.4, 0.5) is 23.7 Å². The average molecular weight is 561 g/mol. The number of amides is 1. The summed E-state index contributed by atoms with van der Waals surface area (Å²) in [6.45, 7) is 3.59. The lowest BCUT2D eigenvalue weighted by Crippen LogP contribution is -3.00. The summed E-state index contributed by atoms with van der Waals surface area (Å²) in [4.78, 5) is 14.7. The van der Waals surface area contributed by atoms with Crippen LogP contribution in [0.5, 0.6) is 5.75 Å². The maximum absolute atomic E-state index is 14.8. The summed E-state index contributed by atoms with van der Waals surface area (Å²) in [6, 6.07) is 17.4. The lowest BCUT2D eigenvalue weighted by atomic mass is 9.83. The van der Waals surface area contributed by atoms with Crippen LogP contribution in [0.25, 0.3) is 0 Å². The minimum atomic E-state index is -1.02. The number of ether oxygens (including phenoxy) is 2. The number of benzene rings is 3. The third-order valence-corrected chi connectivity index (χ3v) is 8.02.